The second kappa shape index (κ2) is 5.66. The quantitative estimate of drug-likeness (QED) is 0.757. The first-order chi connectivity index (χ1) is 9.62. The third-order valence-electron chi connectivity index (χ3n) is 3.32. The monoisotopic (exact) mass is 269 g/mol. The molecule has 2 aromatic rings. The van der Waals surface area contributed by atoms with Crippen LogP contribution >= 0.6 is 0 Å². The molecule has 2 rings (SSSR count). The molecule has 0 fully saturated rings. The number of hydrogen-bond donors (Lipinski definition) is 0. The third kappa shape index (κ3) is 2.46. The molecule has 0 heterocycles. The largest absolute Gasteiger partial charge is 0.207 e. The predicted octanol–water partition coefficient (Wildman–Crippen LogP) is 4.35. The molecule has 0 aromatic heterocycles. The van der Waals surface area contributed by atoms with Crippen LogP contribution < -0.4 is 0 Å². The van der Waals surface area contributed by atoms with Crippen molar-refractivity contribution in [2.24, 2.45) is 0 Å². The van der Waals surface area contributed by atoms with Crippen LogP contribution in [0.4, 0.5) is 8.78 Å². The summed E-state index contributed by atoms with van der Waals surface area (Å²) in [5, 5.41) is 9.67. The average molecular weight is 269 g/mol. The molecule has 0 spiro atoms. The summed E-state index contributed by atoms with van der Waals surface area (Å²) < 4.78 is 26.1. The minimum atomic E-state index is -0.983. The molecule has 0 aliphatic heterocycles. The molecule has 0 saturated carbocycles. The lowest BCUT2D eigenvalue weighted by atomic mass is 9.73. The van der Waals surface area contributed by atoms with Gasteiger partial charge in [-0.1, -0.05) is 30.3 Å². The average Bonchev–Trinajstić information content (AvgIpc) is 2.47. The van der Waals surface area contributed by atoms with Gasteiger partial charge >= 0.3 is 0 Å². The summed E-state index contributed by atoms with van der Waals surface area (Å²) in [6, 6.07) is 13.8. The highest BCUT2D eigenvalue weighted by Crippen LogP contribution is 2.35. The van der Waals surface area contributed by atoms with Crippen LogP contribution in [0, 0.1) is 23.0 Å². The van der Waals surface area contributed by atoms with Crippen LogP contribution in [0.25, 0.3) is 0 Å². The molecule has 3 heteroatoms. The van der Waals surface area contributed by atoms with Crippen LogP contribution in [0.3, 0.4) is 0 Å². The number of rotatable bonds is 4. The summed E-state index contributed by atoms with van der Waals surface area (Å²) in [5.74, 6) is -0.725. The fourth-order valence-corrected chi connectivity index (χ4v) is 2.26. The van der Waals surface area contributed by atoms with Crippen molar-refractivity contribution < 1.29 is 8.78 Å². The highest BCUT2D eigenvalue weighted by Gasteiger charge is 2.33. The Kier molecular flexibility index (Phi) is 3.95. The van der Waals surface area contributed by atoms with E-state index >= 15 is 0 Å². The highest BCUT2D eigenvalue weighted by atomic mass is 19.1. The van der Waals surface area contributed by atoms with Gasteiger partial charge < -0.3 is 0 Å². The zero-order valence-corrected chi connectivity index (χ0v) is 10.8. The summed E-state index contributed by atoms with van der Waals surface area (Å²) in [6.45, 7) is 3.68. The standard InChI is InChI=1S/C17H13F2N/c1-2-11-17(12-20,13-3-7-15(18)8-4-13)14-5-9-16(19)10-6-14/h2-10H,1,11H2. The molecule has 0 aliphatic rings. The lowest BCUT2D eigenvalue weighted by Crippen LogP contribution is -2.25. The zero-order valence-electron chi connectivity index (χ0n) is 10.8. The molecule has 0 bridgehead atoms. The number of allylic oxidation sites excluding steroid dienone is 1. The van der Waals surface area contributed by atoms with Crippen LogP contribution in [0.1, 0.15) is 17.5 Å². The molecule has 20 heavy (non-hydrogen) atoms. The van der Waals surface area contributed by atoms with Crippen molar-refractivity contribution in [2.75, 3.05) is 0 Å². The van der Waals surface area contributed by atoms with Crippen LogP contribution in [0.5, 0.6) is 0 Å². The van der Waals surface area contributed by atoms with Crippen LogP contribution in [0.2, 0.25) is 0 Å². The topological polar surface area (TPSA) is 23.8 Å². The first-order valence-corrected chi connectivity index (χ1v) is 6.16. The lowest BCUT2D eigenvalue weighted by molar-refractivity contribution is 0.615. The molecule has 0 unspecified atom stereocenters. The summed E-state index contributed by atoms with van der Waals surface area (Å²) in [7, 11) is 0. The fraction of sp³-hybridized carbons (Fsp3) is 0.118. The third-order valence-corrected chi connectivity index (χ3v) is 3.32. The van der Waals surface area contributed by atoms with Gasteiger partial charge in [0.1, 0.15) is 17.0 Å². The van der Waals surface area contributed by atoms with Gasteiger partial charge in [-0.15, -0.1) is 6.58 Å². The zero-order chi connectivity index (χ0) is 14.6. The van der Waals surface area contributed by atoms with Crippen molar-refractivity contribution in [2.45, 2.75) is 11.8 Å². The first kappa shape index (κ1) is 14.0. The van der Waals surface area contributed by atoms with Gasteiger partial charge in [0, 0.05) is 0 Å². The van der Waals surface area contributed by atoms with E-state index in [0.29, 0.717) is 17.5 Å². The Morgan fingerprint density at radius 2 is 1.35 bits per heavy atom. The van der Waals surface area contributed by atoms with Crippen molar-refractivity contribution >= 4 is 0 Å². The molecule has 0 saturated heterocycles. The second-order valence-electron chi connectivity index (χ2n) is 4.52. The van der Waals surface area contributed by atoms with E-state index < -0.39 is 5.41 Å². The van der Waals surface area contributed by atoms with Crippen LogP contribution in [-0.4, -0.2) is 0 Å². The minimum Gasteiger partial charge on any atom is -0.207 e. The molecule has 0 radical (unpaired) electrons. The van der Waals surface area contributed by atoms with Gasteiger partial charge in [0.05, 0.1) is 6.07 Å². The smallest absolute Gasteiger partial charge is 0.123 e. The van der Waals surface area contributed by atoms with E-state index in [9.17, 15) is 14.0 Å². The predicted molar refractivity (Wildman–Crippen MR) is 74.0 cm³/mol. The molecular weight excluding hydrogens is 256 g/mol. The van der Waals surface area contributed by atoms with E-state index in [4.69, 9.17) is 0 Å². The fourth-order valence-electron chi connectivity index (χ4n) is 2.26. The maximum Gasteiger partial charge on any atom is 0.123 e. The van der Waals surface area contributed by atoms with E-state index in [1.165, 1.54) is 24.3 Å². The Bertz CT molecular complexity index is 591. The van der Waals surface area contributed by atoms with Crippen LogP contribution in [-0.2, 0) is 5.41 Å². The molecule has 0 N–H and O–H groups in total. The van der Waals surface area contributed by atoms with E-state index in [-0.39, 0.29) is 11.6 Å². The SMILES string of the molecule is C=CCC(C#N)(c1ccc(F)cc1)c1ccc(F)cc1. The van der Waals surface area contributed by atoms with E-state index in [1.54, 1.807) is 30.3 Å². The number of hydrogen-bond acceptors (Lipinski definition) is 1. The van der Waals surface area contributed by atoms with Crippen molar-refractivity contribution in [3.63, 3.8) is 0 Å². The highest BCUT2D eigenvalue weighted by molar-refractivity contribution is 5.46. The van der Waals surface area contributed by atoms with Gasteiger partial charge in [-0.3, -0.25) is 0 Å². The second-order valence-corrected chi connectivity index (χ2v) is 4.52. The van der Waals surface area contributed by atoms with Crippen LogP contribution in [0.15, 0.2) is 61.2 Å². The van der Waals surface area contributed by atoms with Gasteiger partial charge in [0.25, 0.3) is 0 Å². The first-order valence-electron chi connectivity index (χ1n) is 6.16. The van der Waals surface area contributed by atoms with Gasteiger partial charge in [-0.05, 0) is 41.8 Å². The van der Waals surface area contributed by atoms with Crippen molar-refractivity contribution in [3.8, 4) is 6.07 Å². The Morgan fingerprint density at radius 1 is 0.950 bits per heavy atom. The number of benzene rings is 2. The summed E-state index contributed by atoms with van der Waals surface area (Å²) in [6.07, 6.45) is 2.00. The molecule has 0 amide bonds. The summed E-state index contributed by atoms with van der Waals surface area (Å²) >= 11 is 0. The lowest BCUT2D eigenvalue weighted by Gasteiger charge is -2.26. The molecule has 0 atom stereocenters. The van der Waals surface area contributed by atoms with E-state index in [2.05, 4.69) is 12.6 Å². The van der Waals surface area contributed by atoms with Crippen molar-refractivity contribution in [1.82, 2.24) is 0 Å². The Morgan fingerprint density at radius 3 is 1.65 bits per heavy atom. The van der Waals surface area contributed by atoms with E-state index in [0.717, 1.165) is 0 Å². The maximum absolute atomic E-state index is 13.1. The Hall–Kier alpha value is -2.47. The van der Waals surface area contributed by atoms with E-state index in [1.807, 2.05) is 0 Å². The van der Waals surface area contributed by atoms with Crippen molar-refractivity contribution in [1.29, 1.82) is 5.26 Å². The minimum absolute atomic E-state index is 0.362. The Balaban J connectivity index is 2.61. The molecule has 2 aromatic carbocycles. The number of nitrogens with zero attached hydrogens (tertiary/aromatic N) is 1. The van der Waals surface area contributed by atoms with Gasteiger partial charge in [0.15, 0.2) is 0 Å². The summed E-state index contributed by atoms with van der Waals surface area (Å²) in [4.78, 5) is 0. The molecule has 0 aliphatic carbocycles. The van der Waals surface area contributed by atoms with Gasteiger partial charge in [-0.2, -0.15) is 5.26 Å². The normalized spacial score (nSPS) is 10.8. The molecule has 1 nitrogen and oxygen atoms in total. The maximum atomic E-state index is 13.1. The van der Waals surface area contributed by atoms with Gasteiger partial charge in [0.2, 0.25) is 0 Å². The Labute approximate surface area is 116 Å². The van der Waals surface area contributed by atoms with Gasteiger partial charge in [-0.25, -0.2) is 8.78 Å². The van der Waals surface area contributed by atoms with Crippen molar-refractivity contribution in [3.05, 3.63) is 83.9 Å². The number of halogens is 2. The number of nitriles is 1. The summed E-state index contributed by atoms with van der Waals surface area (Å²) in [5.41, 5.74) is 0.337. The molecular formula is C17H13F2N. The molecule has 100 valence electrons.